The summed E-state index contributed by atoms with van der Waals surface area (Å²) in [6.45, 7) is 0. The molecule has 0 atom stereocenters. The average molecular weight is 211 g/mol. The minimum Gasteiger partial charge on any atom is -0.291 e. The number of alkyl halides is 3. The molecule has 1 aromatic rings. The zero-order valence-corrected chi connectivity index (χ0v) is 7.46. The Morgan fingerprint density at radius 2 is 2.33 bits per heavy atom. The first-order chi connectivity index (χ1) is 5.50. The van der Waals surface area contributed by atoms with Crippen molar-refractivity contribution < 1.29 is 13.6 Å². The summed E-state index contributed by atoms with van der Waals surface area (Å²) in [6, 6.07) is 1.62. The van der Waals surface area contributed by atoms with E-state index in [1.807, 2.05) is 0 Å². The highest BCUT2D eigenvalue weighted by molar-refractivity contribution is 7.08. The Morgan fingerprint density at radius 3 is 2.75 bits per heavy atom. The molecule has 0 fully saturated rings. The van der Waals surface area contributed by atoms with E-state index < -0.39 is 11.2 Å². The molecule has 0 bridgehead atoms. The van der Waals surface area contributed by atoms with Crippen molar-refractivity contribution in [1.29, 1.82) is 0 Å². The van der Waals surface area contributed by atoms with Gasteiger partial charge in [-0.15, -0.1) is 0 Å². The molecular weight excluding hydrogens is 206 g/mol. The Hall–Kier alpha value is -0.480. The van der Waals surface area contributed by atoms with Crippen molar-refractivity contribution in [2.24, 2.45) is 0 Å². The number of halogens is 3. The van der Waals surface area contributed by atoms with Gasteiger partial charge < -0.3 is 0 Å². The summed E-state index contributed by atoms with van der Waals surface area (Å²) in [5.41, 5.74) is 0.574. The van der Waals surface area contributed by atoms with Crippen LogP contribution in [0, 0.1) is 0 Å². The summed E-state index contributed by atoms with van der Waals surface area (Å²) in [6.07, 6.45) is -0.306. The average Bonchev–Trinajstić information content (AvgIpc) is 2.37. The quantitative estimate of drug-likeness (QED) is 0.701. The summed E-state index contributed by atoms with van der Waals surface area (Å²) in [5.74, 6) is -1.26. The zero-order valence-electron chi connectivity index (χ0n) is 5.89. The minimum absolute atomic E-state index is 0.306. The van der Waals surface area contributed by atoms with E-state index in [0.29, 0.717) is 5.56 Å². The maximum atomic E-state index is 12.1. The van der Waals surface area contributed by atoms with Gasteiger partial charge in [0.1, 0.15) is 0 Å². The zero-order chi connectivity index (χ0) is 9.19. The van der Waals surface area contributed by atoms with Crippen LogP contribution in [0.1, 0.15) is 5.56 Å². The Labute approximate surface area is 77.0 Å². The first-order valence-electron chi connectivity index (χ1n) is 3.11. The first-order valence-corrected chi connectivity index (χ1v) is 4.43. The molecule has 0 aromatic carbocycles. The molecule has 0 saturated heterocycles. The molecule has 0 spiro atoms. The van der Waals surface area contributed by atoms with Gasteiger partial charge in [0, 0.05) is 6.42 Å². The molecule has 1 rings (SSSR count). The summed E-state index contributed by atoms with van der Waals surface area (Å²) in [4.78, 5) is 10.7. The van der Waals surface area contributed by atoms with Crippen molar-refractivity contribution >= 4 is 28.7 Å². The fourth-order valence-electron chi connectivity index (χ4n) is 0.679. The number of hydrogen-bond donors (Lipinski definition) is 0. The predicted octanol–water partition coefficient (Wildman–Crippen LogP) is 2.69. The highest BCUT2D eigenvalue weighted by atomic mass is 35.5. The van der Waals surface area contributed by atoms with Crippen molar-refractivity contribution in [3.05, 3.63) is 22.4 Å². The van der Waals surface area contributed by atoms with Crippen molar-refractivity contribution in [1.82, 2.24) is 0 Å². The van der Waals surface area contributed by atoms with E-state index in [1.165, 1.54) is 11.3 Å². The lowest BCUT2D eigenvalue weighted by molar-refractivity contribution is -0.132. The van der Waals surface area contributed by atoms with Crippen LogP contribution in [-0.4, -0.2) is 11.2 Å². The molecule has 5 heteroatoms. The molecule has 0 unspecified atom stereocenters. The van der Waals surface area contributed by atoms with Gasteiger partial charge in [-0.25, -0.2) is 0 Å². The fourth-order valence-corrected chi connectivity index (χ4v) is 1.41. The van der Waals surface area contributed by atoms with Gasteiger partial charge >= 0.3 is 5.38 Å². The monoisotopic (exact) mass is 210 g/mol. The molecule has 0 amide bonds. The van der Waals surface area contributed by atoms with Gasteiger partial charge in [0.2, 0.25) is 5.78 Å². The summed E-state index contributed by atoms with van der Waals surface area (Å²) in [7, 11) is 0. The molecule has 0 aliphatic heterocycles. The number of hydrogen-bond acceptors (Lipinski definition) is 2. The lowest BCUT2D eigenvalue weighted by atomic mass is 10.2. The standard InChI is InChI=1S/C7H5ClF2OS/c8-7(9,10)6(11)3-5-1-2-12-4-5/h1-2,4H,3H2. The van der Waals surface area contributed by atoms with E-state index in [9.17, 15) is 13.6 Å². The van der Waals surface area contributed by atoms with Crippen molar-refractivity contribution in [3.8, 4) is 0 Å². The van der Waals surface area contributed by atoms with E-state index in [1.54, 1.807) is 16.8 Å². The summed E-state index contributed by atoms with van der Waals surface area (Å²) >= 11 is 5.87. The second-order valence-electron chi connectivity index (χ2n) is 2.23. The highest BCUT2D eigenvalue weighted by Crippen LogP contribution is 2.22. The topological polar surface area (TPSA) is 17.1 Å². The highest BCUT2D eigenvalue weighted by Gasteiger charge is 2.34. The lowest BCUT2D eigenvalue weighted by Gasteiger charge is -2.04. The number of Topliss-reactive ketones (excluding diaryl/α,β-unsaturated/α-hetero) is 1. The van der Waals surface area contributed by atoms with Crippen LogP contribution in [0.25, 0.3) is 0 Å². The van der Waals surface area contributed by atoms with Crippen LogP contribution in [0.5, 0.6) is 0 Å². The van der Waals surface area contributed by atoms with Crippen molar-refractivity contribution in [3.63, 3.8) is 0 Å². The summed E-state index contributed by atoms with van der Waals surface area (Å²) in [5, 5.41) is -0.378. The second-order valence-corrected chi connectivity index (χ2v) is 3.48. The molecule has 0 N–H and O–H groups in total. The van der Waals surface area contributed by atoms with Gasteiger partial charge in [-0.3, -0.25) is 4.79 Å². The van der Waals surface area contributed by atoms with Gasteiger partial charge in [0.15, 0.2) is 0 Å². The molecule has 1 nitrogen and oxygen atoms in total. The third-order valence-electron chi connectivity index (χ3n) is 1.26. The molecule has 12 heavy (non-hydrogen) atoms. The normalized spacial score (nSPS) is 11.6. The number of carbonyl (C=O) groups excluding carboxylic acids is 1. The molecule has 0 saturated carbocycles. The molecule has 0 aliphatic rings. The maximum absolute atomic E-state index is 12.1. The Morgan fingerprint density at radius 1 is 1.67 bits per heavy atom. The van der Waals surface area contributed by atoms with Crippen LogP contribution in [0.4, 0.5) is 8.78 Å². The number of thiophene rings is 1. The fraction of sp³-hybridized carbons (Fsp3) is 0.286. The molecule has 0 radical (unpaired) electrons. The lowest BCUT2D eigenvalue weighted by Crippen LogP contribution is -2.23. The van der Waals surface area contributed by atoms with E-state index in [4.69, 9.17) is 0 Å². The largest absolute Gasteiger partial charge is 0.380 e. The van der Waals surface area contributed by atoms with E-state index in [0.717, 1.165) is 0 Å². The van der Waals surface area contributed by atoms with E-state index in [-0.39, 0.29) is 6.42 Å². The molecular formula is C7H5ClF2OS. The first kappa shape index (κ1) is 9.61. The second kappa shape index (κ2) is 3.49. The maximum Gasteiger partial charge on any atom is 0.380 e. The molecule has 0 aliphatic carbocycles. The molecule has 66 valence electrons. The van der Waals surface area contributed by atoms with Gasteiger partial charge in [-0.2, -0.15) is 20.1 Å². The van der Waals surface area contributed by atoms with Crippen LogP contribution in [0.2, 0.25) is 0 Å². The molecule has 1 aromatic heterocycles. The third kappa shape index (κ3) is 2.53. The van der Waals surface area contributed by atoms with Crippen LogP contribution >= 0.6 is 22.9 Å². The Kier molecular flexibility index (Phi) is 2.80. The Balaban J connectivity index is 2.60. The van der Waals surface area contributed by atoms with E-state index >= 15 is 0 Å². The summed E-state index contributed by atoms with van der Waals surface area (Å²) < 4.78 is 24.3. The SMILES string of the molecule is O=C(Cc1ccsc1)C(F)(F)Cl. The van der Waals surface area contributed by atoms with Crippen molar-refractivity contribution in [2.45, 2.75) is 11.8 Å². The van der Waals surface area contributed by atoms with Gasteiger partial charge in [-0.05, 0) is 34.0 Å². The van der Waals surface area contributed by atoms with Gasteiger partial charge in [0.25, 0.3) is 0 Å². The number of rotatable bonds is 3. The van der Waals surface area contributed by atoms with E-state index in [2.05, 4.69) is 11.6 Å². The molecule has 1 heterocycles. The number of carbonyl (C=O) groups is 1. The predicted molar refractivity (Wildman–Crippen MR) is 43.8 cm³/mol. The van der Waals surface area contributed by atoms with Crippen LogP contribution in [0.15, 0.2) is 16.8 Å². The number of ketones is 1. The Bertz CT molecular complexity index is 265. The van der Waals surface area contributed by atoms with Gasteiger partial charge in [0.05, 0.1) is 0 Å². The van der Waals surface area contributed by atoms with Gasteiger partial charge in [-0.1, -0.05) is 0 Å². The third-order valence-corrected chi connectivity index (χ3v) is 2.20. The van der Waals surface area contributed by atoms with Crippen LogP contribution in [0.3, 0.4) is 0 Å². The van der Waals surface area contributed by atoms with Crippen molar-refractivity contribution in [2.75, 3.05) is 0 Å². The van der Waals surface area contributed by atoms with Crippen LogP contribution in [-0.2, 0) is 11.2 Å². The smallest absolute Gasteiger partial charge is 0.291 e. The van der Waals surface area contributed by atoms with Crippen LogP contribution < -0.4 is 0 Å². The minimum atomic E-state index is -3.73.